The van der Waals surface area contributed by atoms with Gasteiger partial charge in [0, 0.05) is 0 Å². The first-order valence-electron chi connectivity index (χ1n) is 5.46. The predicted molar refractivity (Wildman–Crippen MR) is 50.3 cm³/mol. The van der Waals surface area contributed by atoms with Crippen molar-refractivity contribution in [1.29, 1.82) is 0 Å². The van der Waals surface area contributed by atoms with Crippen LogP contribution < -0.4 is 9.80 Å². The van der Waals surface area contributed by atoms with Crippen LogP contribution in [-0.4, -0.2) is 68.4 Å². The minimum atomic E-state index is -4.51. The fourth-order valence-electron chi connectivity index (χ4n) is 1.96. The number of halogens is 3. The molecule has 0 aliphatic carbocycles. The molecule has 4 N–H and O–H groups in total. The fraction of sp³-hybridized carbons (Fsp3) is 1.00. The Bertz CT molecular complexity index is 205. The number of hydrogen-bond acceptors (Lipinski definition) is 2. The summed E-state index contributed by atoms with van der Waals surface area (Å²) in [5.41, 5.74) is 0. The Labute approximate surface area is 92.3 Å². The molecule has 0 unspecified atom stereocenters. The Morgan fingerprint density at radius 3 is 2.00 bits per heavy atom. The second-order valence-electron chi connectivity index (χ2n) is 4.24. The number of rotatable bonds is 4. The number of hydrogen-bond donors (Lipinski definition) is 4. The monoisotopic (exact) mass is 244 g/mol. The van der Waals surface area contributed by atoms with E-state index in [9.17, 15) is 13.2 Å². The molecule has 1 fully saturated rings. The van der Waals surface area contributed by atoms with Crippen molar-refractivity contribution in [2.24, 2.45) is 0 Å². The summed E-state index contributed by atoms with van der Waals surface area (Å²) in [6.45, 7) is 3.22. The van der Waals surface area contributed by atoms with Crippen molar-refractivity contribution in [2.75, 3.05) is 45.9 Å². The van der Waals surface area contributed by atoms with Crippen LogP contribution in [0.1, 0.15) is 0 Å². The summed E-state index contributed by atoms with van der Waals surface area (Å²) in [6, 6.07) is 0. The van der Waals surface area contributed by atoms with Gasteiger partial charge in [-0.3, -0.25) is 0 Å². The summed E-state index contributed by atoms with van der Waals surface area (Å²) in [4.78, 5) is 2.00. The number of aliphatic hydroxyl groups excluding tert-OH is 2. The molecule has 1 aliphatic heterocycles. The fourth-order valence-corrected chi connectivity index (χ4v) is 1.96. The summed E-state index contributed by atoms with van der Waals surface area (Å²) >= 11 is 0. The molecule has 16 heavy (non-hydrogen) atoms. The van der Waals surface area contributed by atoms with Crippen LogP contribution in [0.25, 0.3) is 0 Å². The highest BCUT2D eigenvalue weighted by atomic mass is 19.4. The molecule has 0 aromatic carbocycles. The molecule has 0 amide bonds. The van der Waals surface area contributed by atoms with Gasteiger partial charge < -0.3 is 20.0 Å². The molecule has 1 saturated heterocycles. The number of aliphatic hydroxyl groups is 2. The van der Waals surface area contributed by atoms with Crippen LogP contribution in [-0.2, 0) is 0 Å². The lowest BCUT2D eigenvalue weighted by atomic mass is 10.2. The van der Waals surface area contributed by atoms with Gasteiger partial charge in [-0.1, -0.05) is 0 Å². The molecule has 96 valence electrons. The second-order valence-corrected chi connectivity index (χ2v) is 4.24. The topological polar surface area (TPSA) is 49.3 Å². The zero-order valence-corrected chi connectivity index (χ0v) is 9.06. The average molecular weight is 244 g/mol. The Morgan fingerprint density at radius 2 is 1.56 bits per heavy atom. The summed E-state index contributed by atoms with van der Waals surface area (Å²) < 4.78 is 36.3. The lowest BCUT2D eigenvalue weighted by Crippen LogP contribution is -3.28. The molecule has 0 aromatic rings. The van der Waals surface area contributed by atoms with Gasteiger partial charge in [0.05, 0.1) is 6.61 Å². The highest BCUT2D eigenvalue weighted by Gasteiger charge is 2.41. The average Bonchev–Trinajstić information content (AvgIpc) is 2.20. The molecule has 1 heterocycles. The maximum Gasteiger partial charge on any atom is 0.419 e. The van der Waals surface area contributed by atoms with Crippen LogP contribution in [0.4, 0.5) is 13.2 Å². The summed E-state index contributed by atoms with van der Waals surface area (Å²) in [6.07, 6.45) is -6.73. The molecular weight excluding hydrogens is 225 g/mol. The highest BCUT2D eigenvalue weighted by molar-refractivity contribution is 4.63. The van der Waals surface area contributed by atoms with E-state index in [1.54, 1.807) is 0 Å². The molecule has 0 bridgehead atoms. The number of alkyl halides is 3. The molecule has 0 saturated carbocycles. The van der Waals surface area contributed by atoms with Crippen LogP contribution in [0.3, 0.4) is 0 Å². The Morgan fingerprint density at radius 1 is 1.06 bits per heavy atom. The van der Waals surface area contributed by atoms with Crippen LogP contribution in [0.5, 0.6) is 0 Å². The minimum absolute atomic E-state index is 0.107. The van der Waals surface area contributed by atoms with Gasteiger partial charge in [0.15, 0.2) is 6.10 Å². The third-order valence-corrected chi connectivity index (χ3v) is 2.99. The van der Waals surface area contributed by atoms with E-state index in [0.717, 1.165) is 18.0 Å². The molecule has 1 atom stereocenters. The van der Waals surface area contributed by atoms with Gasteiger partial charge in [-0.2, -0.15) is 13.2 Å². The van der Waals surface area contributed by atoms with Crippen LogP contribution in [0.2, 0.25) is 0 Å². The van der Waals surface area contributed by atoms with Crippen molar-refractivity contribution >= 4 is 0 Å². The number of piperazine rings is 1. The lowest BCUT2D eigenvalue weighted by molar-refractivity contribution is -1.01. The lowest BCUT2D eigenvalue weighted by Gasteiger charge is -2.30. The summed E-state index contributed by atoms with van der Waals surface area (Å²) in [5.74, 6) is 0. The molecule has 1 aliphatic rings. The zero-order chi connectivity index (χ0) is 12.2. The molecule has 4 nitrogen and oxygen atoms in total. The van der Waals surface area contributed by atoms with E-state index in [1.807, 2.05) is 0 Å². The van der Waals surface area contributed by atoms with Crippen molar-refractivity contribution in [3.8, 4) is 0 Å². The zero-order valence-electron chi connectivity index (χ0n) is 9.06. The quantitative estimate of drug-likeness (QED) is 0.418. The largest absolute Gasteiger partial charge is 0.419 e. The molecule has 7 heteroatoms. The van der Waals surface area contributed by atoms with E-state index in [-0.39, 0.29) is 13.2 Å². The Kier molecular flexibility index (Phi) is 4.97. The van der Waals surface area contributed by atoms with Crippen molar-refractivity contribution in [3.63, 3.8) is 0 Å². The van der Waals surface area contributed by atoms with Gasteiger partial charge in [0.2, 0.25) is 0 Å². The van der Waals surface area contributed by atoms with Crippen molar-refractivity contribution in [1.82, 2.24) is 0 Å². The molecule has 0 aromatic heterocycles. The molecule has 0 radical (unpaired) electrons. The summed E-state index contributed by atoms with van der Waals surface area (Å²) in [7, 11) is 0. The van der Waals surface area contributed by atoms with Crippen molar-refractivity contribution in [2.45, 2.75) is 12.3 Å². The normalized spacial score (nSPS) is 29.1. The standard InChI is InChI=1S/C9H17F3N2O2/c10-9(11,12)8(16)7-14-3-1-13(2-4-14)5-6-15/h8,15-16H,1-7H2/p+2/t8-/m1/s1. The summed E-state index contributed by atoms with van der Waals surface area (Å²) in [5, 5.41) is 17.6. The van der Waals surface area contributed by atoms with Gasteiger partial charge in [-0.15, -0.1) is 0 Å². The van der Waals surface area contributed by atoms with Gasteiger partial charge in [0.25, 0.3) is 0 Å². The third-order valence-electron chi connectivity index (χ3n) is 2.99. The van der Waals surface area contributed by atoms with E-state index in [4.69, 9.17) is 10.2 Å². The van der Waals surface area contributed by atoms with Gasteiger partial charge >= 0.3 is 6.18 Å². The molecule has 0 spiro atoms. The maximum absolute atomic E-state index is 12.1. The van der Waals surface area contributed by atoms with E-state index >= 15 is 0 Å². The first-order chi connectivity index (χ1) is 7.43. The second kappa shape index (κ2) is 5.81. The van der Waals surface area contributed by atoms with Crippen LogP contribution >= 0.6 is 0 Å². The third kappa shape index (κ3) is 4.25. The SMILES string of the molecule is OCC[NH+]1CC[NH+](C[C@@H](O)C(F)(F)F)CC1. The van der Waals surface area contributed by atoms with Crippen molar-refractivity contribution in [3.05, 3.63) is 0 Å². The molecule has 1 rings (SSSR count). The van der Waals surface area contributed by atoms with Crippen molar-refractivity contribution < 1.29 is 33.2 Å². The minimum Gasteiger partial charge on any atom is -0.391 e. The number of nitrogens with one attached hydrogen (secondary N) is 2. The first-order valence-corrected chi connectivity index (χ1v) is 5.46. The first kappa shape index (κ1) is 13.7. The van der Waals surface area contributed by atoms with Gasteiger partial charge in [-0.05, 0) is 0 Å². The van der Waals surface area contributed by atoms with Gasteiger partial charge in [0.1, 0.15) is 39.3 Å². The Balaban J connectivity index is 2.27. The van der Waals surface area contributed by atoms with Crippen LogP contribution in [0.15, 0.2) is 0 Å². The maximum atomic E-state index is 12.1. The number of quaternary nitrogens is 2. The van der Waals surface area contributed by atoms with Gasteiger partial charge in [-0.25, -0.2) is 0 Å². The van der Waals surface area contributed by atoms with E-state index < -0.39 is 12.3 Å². The van der Waals surface area contributed by atoms with E-state index in [2.05, 4.69) is 0 Å². The Hall–Kier alpha value is -0.370. The van der Waals surface area contributed by atoms with Crippen LogP contribution in [0, 0.1) is 0 Å². The smallest absolute Gasteiger partial charge is 0.391 e. The van der Waals surface area contributed by atoms with E-state index in [1.165, 1.54) is 4.90 Å². The highest BCUT2D eigenvalue weighted by Crippen LogP contribution is 2.18. The predicted octanol–water partition coefficient (Wildman–Crippen LogP) is -3.31. The molecular formula is C9H19F3N2O2+2. The van der Waals surface area contributed by atoms with E-state index in [0.29, 0.717) is 19.6 Å².